The van der Waals surface area contributed by atoms with Crippen LogP contribution >= 0.6 is 0 Å². The maximum absolute atomic E-state index is 13.0. The third kappa shape index (κ3) is 2.30. The van der Waals surface area contributed by atoms with Crippen molar-refractivity contribution in [2.45, 2.75) is 32.3 Å². The summed E-state index contributed by atoms with van der Waals surface area (Å²) < 4.78 is 18.4. The summed E-state index contributed by atoms with van der Waals surface area (Å²) in [7, 11) is 1.52. The molecule has 1 aromatic carbocycles. The predicted molar refractivity (Wildman–Crippen MR) is 61.1 cm³/mol. The lowest BCUT2D eigenvalue weighted by Gasteiger charge is -2.28. The Morgan fingerprint density at radius 2 is 2.00 bits per heavy atom. The van der Waals surface area contributed by atoms with Gasteiger partial charge in [-0.1, -0.05) is 26.0 Å². The first-order valence-corrected chi connectivity index (χ1v) is 5.45. The number of halogens is 1. The molecular weight excluding hydrogens is 207 g/mol. The highest BCUT2D eigenvalue weighted by molar-refractivity contribution is 6.02. The summed E-state index contributed by atoms with van der Waals surface area (Å²) in [6.45, 7) is 3.79. The zero-order chi connectivity index (χ0) is 12.2. The Kier molecular flexibility index (Phi) is 4.19. The van der Waals surface area contributed by atoms with Crippen molar-refractivity contribution in [2.24, 2.45) is 0 Å². The van der Waals surface area contributed by atoms with Crippen LogP contribution in [0.1, 0.15) is 37.0 Å². The highest BCUT2D eigenvalue weighted by Crippen LogP contribution is 2.25. The molecule has 0 bridgehead atoms. The van der Waals surface area contributed by atoms with Gasteiger partial charge in [0.2, 0.25) is 0 Å². The molecule has 2 nitrogen and oxygen atoms in total. The molecule has 0 N–H and O–H groups in total. The van der Waals surface area contributed by atoms with Crippen LogP contribution < -0.4 is 0 Å². The summed E-state index contributed by atoms with van der Waals surface area (Å²) in [5.41, 5.74) is -0.459. The number of benzene rings is 1. The molecule has 0 radical (unpaired) electrons. The highest BCUT2D eigenvalue weighted by atomic mass is 19.1. The second-order valence-corrected chi connectivity index (χ2v) is 3.74. The smallest absolute Gasteiger partial charge is 0.194 e. The Labute approximate surface area is 95.4 Å². The molecule has 0 spiro atoms. The molecule has 0 unspecified atom stereocenters. The highest BCUT2D eigenvalue weighted by Gasteiger charge is 2.35. The summed E-state index contributed by atoms with van der Waals surface area (Å²) in [6.07, 6.45) is 1.16. The summed E-state index contributed by atoms with van der Waals surface area (Å²) in [5, 5.41) is 0. The zero-order valence-corrected chi connectivity index (χ0v) is 9.92. The molecule has 0 saturated carbocycles. The SMILES string of the molecule is CCC(CC)(OC)C(=O)c1cccc(F)c1. The van der Waals surface area contributed by atoms with Crippen molar-refractivity contribution in [3.05, 3.63) is 35.6 Å². The first-order chi connectivity index (χ1) is 7.59. The van der Waals surface area contributed by atoms with Gasteiger partial charge in [-0.3, -0.25) is 4.79 Å². The van der Waals surface area contributed by atoms with Crippen molar-refractivity contribution in [1.29, 1.82) is 0 Å². The summed E-state index contributed by atoms with van der Waals surface area (Å²) >= 11 is 0. The molecule has 0 aromatic heterocycles. The van der Waals surface area contributed by atoms with Crippen LogP contribution in [0.3, 0.4) is 0 Å². The standard InChI is InChI=1S/C13H17FO2/c1-4-13(5-2,16-3)12(15)10-7-6-8-11(14)9-10/h6-9H,4-5H2,1-3H3. The summed E-state index contributed by atoms with van der Waals surface area (Å²) in [4.78, 5) is 12.2. The van der Waals surface area contributed by atoms with Gasteiger partial charge in [-0.25, -0.2) is 4.39 Å². The largest absolute Gasteiger partial charge is 0.370 e. The Balaban J connectivity index is 3.09. The number of carbonyl (C=O) groups excluding carboxylic acids is 1. The van der Waals surface area contributed by atoms with Crippen LogP contribution in [0.25, 0.3) is 0 Å². The lowest BCUT2D eigenvalue weighted by molar-refractivity contribution is -0.00263. The molecule has 0 atom stereocenters. The van der Waals surface area contributed by atoms with E-state index in [0.29, 0.717) is 18.4 Å². The van der Waals surface area contributed by atoms with Crippen molar-refractivity contribution in [2.75, 3.05) is 7.11 Å². The van der Waals surface area contributed by atoms with E-state index < -0.39 is 11.4 Å². The van der Waals surface area contributed by atoms with E-state index in [1.807, 2.05) is 13.8 Å². The first kappa shape index (κ1) is 12.8. The van der Waals surface area contributed by atoms with Gasteiger partial charge >= 0.3 is 0 Å². The molecular formula is C13H17FO2. The van der Waals surface area contributed by atoms with Gasteiger partial charge in [-0.05, 0) is 25.0 Å². The van der Waals surface area contributed by atoms with E-state index in [-0.39, 0.29) is 5.78 Å². The van der Waals surface area contributed by atoms with Crippen LogP contribution in [0, 0.1) is 5.82 Å². The predicted octanol–water partition coefficient (Wildman–Crippen LogP) is 3.21. The first-order valence-electron chi connectivity index (χ1n) is 5.45. The lowest BCUT2D eigenvalue weighted by Crippen LogP contribution is -2.39. The summed E-state index contributed by atoms with van der Waals surface area (Å²) in [6, 6.07) is 5.73. The topological polar surface area (TPSA) is 26.3 Å². The minimum atomic E-state index is -0.826. The number of methoxy groups -OCH3 is 1. The molecule has 0 aliphatic carbocycles. The van der Waals surface area contributed by atoms with Crippen LogP contribution in [-0.2, 0) is 4.74 Å². The van der Waals surface area contributed by atoms with Gasteiger partial charge < -0.3 is 4.74 Å². The summed E-state index contributed by atoms with van der Waals surface area (Å²) in [5.74, 6) is -0.553. The van der Waals surface area contributed by atoms with Crippen molar-refractivity contribution >= 4 is 5.78 Å². The van der Waals surface area contributed by atoms with Gasteiger partial charge in [0.05, 0.1) is 0 Å². The molecule has 0 aliphatic heterocycles. The molecule has 0 fully saturated rings. The Hall–Kier alpha value is -1.22. The number of rotatable bonds is 5. The van der Waals surface area contributed by atoms with E-state index in [2.05, 4.69) is 0 Å². The van der Waals surface area contributed by atoms with Gasteiger partial charge in [-0.2, -0.15) is 0 Å². The van der Waals surface area contributed by atoms with Crippen LogP contribution in [0.2, 0.25) is 0 Å². The third-order valence-electron chi connectivity index (χ3n) is 3.03. The van der Waals surface area contributed by atoms with E-state index in [1.54, 1.807) is 6.07 Å². The average molecular weight is 224 g/mol. The maximum Gasteiger partial charge on any atom is 0.194 e. The van der Waals surface area contributed by atoms with Crippen LogP contribution in [0.4, 0.5) is 4.39 Å². The van der Waals surface area contributed by atoms with Gasteiger partial charge in [0, 0.05) is 12.7 Å². The van der Waals surface area contributed by atoms with E-state index in [1.165, 1.54) is 25.3 Å². The van der Waals surface area contributed by atoms with Crippen LogP contribution in [-0.4, -0.2) is 18.5 Å². The number of Topliss-reactive ketones (excluding diaryl/α,β-unsaturated/α-hetero) is 1. The quantitative estimate of drug-likeness (QED) is 0.718. The number of carbonyl (C=O) groups is 1. The molecule has 1 aromatic rings. The Morgan fingerprint density at radius 3 is 2.44 bits per heavy atom. The minimum Gasteiger partial charge on any atom is -0.370 e. The fraction of sp³-hybridized carbons (Fsp3) is 0.462. The zero-order valence-electron chi connectivity index (χ0n) is 9.92. The average Bonchev–Trinajstić information content (AvgIpc) is 2.32. The minimum absolute atomic E-state index is 0.153. The van der Waals surface area contributed by atoms with Crippen molar-refractivity contribution in [3.63, 3.8) is 0 Å². The molecule has 16 heavy (non-hydrogen) atoms. The third-order valence-corrected chi connectivity index (χ3v) is 3.03. The lowest BCUT2D eigenvalue weighted by atomic mass is 9.87. The van der Waals surface area contributed by atoms with Crippen LogP contribution in [0.15, 0.2) is 24.3 Å². The fourth-order valence-electron chi connectivity index (χ4n) is 1.85. The number of hydrogen-bond donors (Lipinski definition) is 0. The number of hydrogen-bond acceptors (Lipinski definition) is 2. The molecule has 88 valence electrons. The maximum atomic E-state index is 13.0. The van der Waals surface area contributed by atoms with Crippen molar-refractivity contribution in [3.8, 4) is 0 Å². The van der Waals surface area contributed by atoms with Crippen LogP contribution in [0.5, 0.6) is 0 Å². The van der Waals surface area contributed by atoms with E-state index in [4.69, 9.17) is 4.74 Å². The second kappa shape index (κ2) is 5.21. The Morgan fingerprint density at radius 1 is 1.38 bits per heavy atom. The molecule has 3 heteroatoms. The van der Waals surface area contributed by atoms with E-state index in [9.17, 15) is 9.18 Å². The molecule has 0 aliphatic rings. The molecule has 0 amide bonds. The Bertz CT molecular complexity index is 362. The number of ether oxygens (including phenoxy) is 1. The molecule has 0 heterocycles. The second-order valence-electron chi connectivity index (χ2n) is 3.74. The van der Waals surface area contributed by atoms with Crippen molar-refractivity contribution in [1.82, 2.24) is 0 Å². The van der Waals surface area contributed by atoms with Gasteiger partial charge in [-0.15, -0.1) is 0 Å². The molecule has 1 rings (SSSR count). The van der Waals surface area contributed by atoms with E-state index in [0.717, 1.165) is 0 Å². The van der Waals surface area contributed by atoms with Crippen molar-refractivity contribution < 1.29 is 13.9 Å². The van der Waals surface area contributed by atoms with E-state index >= 15 is 0 Å². The normalized spacial score (nSPS) is 11.5. The fourth-order valence-corrected chi connectivity index (χ4v) is 1.85. The number of ketones is 1. The van der Waals surface area contributed by atoms with Gasteiger partial charge in [0.1, 0.15) is 11.4 Å². The molecule has 0 saturated heterocycles. The monoisotopic (exact) mass is 224 g/mol. The van der Waals surface area contributed by atoms with Gasteiger partial charge in [0.15, 0.2) is 5.78 Å². The van der Waals surface area contributed by atoms with Gasteiger partial charge in [0.25, 0.3) is 0 Å².